The molecule has 1 heterocycles. The Bertz CT molecular complexity index is 838. The van der Waals surface area contributed by atoms with Crippen LogP contribution >= 0.6 is 0 Å². The van der Waals surface area contributed by atoms with E-state index in [1.54, 1.807) is 0 Å². The zero-order valence-electron chi connectivity index (χ0n) is 15.9. The highest BCUT2D eigenvalue weighted by atomic mass is 16.5. The molecule has 146 valence electrons. The second-order valence-corrected chi connectivity index (χ2v) is 6.79. The van der Waals surface area contributed by atoms with Gasteiger partial charge in [-0.25, -0.2) is 4.79 Å². The molecular weight excluding hydrogens is 356 g/mol. The number of ether oxygens (including phenoxy) is 1. The molecule has 0 spiro atoms. The van der Waals surface area contributed by atoms with E-state index in [0.29, 0.717) is 18.6 Å². The SMILES string of the molecule is CCCOC(=O)CCN1C(=O)N[C@@](Cc2ccccc2)(c2ccccc2)C1=O. The van der Waals surface area contributed by atoms with Gasteiger partial charge in [-0.2, -0.15) is 0 Å². The Balaban J connectivity index is 1.85. The third-order valence-corrected chi connectivity index (χ3v) is 4.76. The molecule has 1 fully saturated rings. The number of rotatable bonds is 8. The van der Waals surface area contributed by atoms with Gasteiger partial charge >= 0.3 is 12.0 Å². The molecule has 0 aliphatic carbocycles. The minimum absolute atomic E-state index is 0.00339. The van der Waals surface area contributed by atoms with E-state index in [-0.39, 0.29) is 18.9 Å². The number of nitrogens with one attached hydrogen (secondary N) is 1. The lowest BCUT2D eigenvalue weighted by molar-refractivity contribution is -0.144. The van der Waals surface area contributed by atoms with Gasteiger partial charge in [0, 0.05) is 13.0 Å². The van der Waals surface area contributed by atoms with Gasteiger partial charge in [-0.1, -0.05) is 67.6 Å². The number of hydrogen-bond acceptors (Lipinski definition) is 4. The molecule has 2 aromatic carbocycles. The van der Waals surface area contributed by atoms with Gasteiger partial charge in [0.15, 0.2) is 5.54 Å². The van der Waals surface area contributed by atoms with E-state index in [1.165, 1.54) is 0 Å². The van der Waals surface area contributed by atoms with Crippen molar-refractivity contribution in [2.24, 2.45) is 0 Å². The summed E-state index contributed by atoms with van der Waals surface area (Å²) in [5.41, 5.74) is 0.463. The molecule has 28 heavy (non-hydrogen) atoms. The van der Waals surface area contributed by atoms with Crippen LogP contribution in [0, 0.1) is 0 Å². The number of amides is 3. The first-order valence-corrected chi connectivity index (χ1v) is 9.46. The normalized spacial score (nSPS) is 18.8. The zero-order chi connectivity index (χ0) is 20.0. The number of carbonyl (C=O) groups excluding carboxylic acids is 3. The quantitative estimate of drug-likeness (QED) is 0.564. The molecule has 1 saturated heterocycles. The van der Waals surface area contributed by atoms with E-state index in [0.717, 1.165) is 16.9 Å². The van der Waals surface area contributed by atoms with Gasteiger partial charge in [0.1, 0.15) is 0 Å². The van der Waals surface area contributed by atoms with Gasteiger partial charge in [0.2, 0.25) is 0 Å². The smallest absolute Gasteiger partial charge is 0.325 e. The number of carbonyl (C=O) groups is 3. The van der Waals surface area contributed by atoms with Crippen molar-refractivity contribution >= 4 is 17.9 Å². The van der Waals surface area contributed by atoms with E-state index in [2.05, 4.69) is 5.32 Å². The molecule has 6 heteroatoms. The summed E-state index contributed by atoms with van der Waals surface area (Å²) in [5, 5.41) is 2.88. The van der Waals surface area contributed by atoms with Crippen molar-refractivity contribution in [3.63, 3.8) is 0 Å². The summed E-state index contributed by atoms with van der Waals surface area (Å²) in [7, 11) is 0. The topological polar surface area (TPSA) is 75.7 Å². The molecule has 0 saturated carbocycles. The Labute approximate surface area is 164 Å². The molecule has 0 bridgehead atoms. The Hall–Kier alpha value is -3.15. The van der Waals surface area contributed by atoms with E-state index in [1.807, 2.05) is 67.6 Å². The van der Waals surface area contributed by atoms with Crippen LogP contribution in [0.5, 0.6) is 0 Å². The van der Waals surface area contributed by atoms with Crippen molar-refractivity contribution in [1.29, 1.82) is 0 Å². The van der Waals surface area contributed by atoms with Gasteiger partial charge in [-0.3, -0.25) is 14.5 Å². The third-order valence-electron chi connectivity index (χ3n) is 4.76. The van der Waals surface area contributed by atoms with Crippen LogP contribution in [0.1, 0.15) is 30.9 Å². The number of urea groups is 1. The summed E-state index contributed by atoms with van der Waals surface area (Å²) in [4.78, 5) is 38.9. The van der Waals surface area contributed by atoms with Crippen molar-refractivity contribution in [2.75, 3.05) is 13.2 Å². The average molecular weight is 380 g/mol. The average Bonchev–Trinajstić information content (AvgIpc) is 2.96. The van der Waals surface area contributed by atoms with Crippen LogP contribution in [-0.2, 0) is 26.3 Å². The maximum atomic E-state index is 13.4. The molecule has 0 unspecified atom stereocenters. The Morgan fingerprint density at radius 2 is 1.68 bits per heavy atom. The fourth-order valence-corrected chi connectivity index (χ4v) is 3.36. The predicted octanol–water partition coefficient (Wildman–Crippen LogP) is 3.02. The number of nitrogens with zero attached hydrogens (tertiary/aromatic N) is 1. The number of imide groups is 1. The molecule has 1 N–H and O–H groups in total. The third kappa shape index (κ3) is 4.06. The fourth-order valence-electron chi connectivity index (χ4n) is 3.36. The van der Waals surface area contributed by atoms with Crippen molar-refractivity contribution in [3.05, 3.63) is 71.8 Å². The van der Waals surface area contributed by atoms with Crippen LogP contribution < -0.4 is 5.32 Å². The largest absolute Gasteiger partial charge is 0.466 e. The molecule has 3 amide bonds. The van der Waals surface area contributed by atoms with Crippen molar-refractivity contribution in [2.45, 2.75) is 31.7 Å². The van der Waals surface area contributed by atoms with Gasteiger partial charge < -0.3 is 10.1 Å². The van der Waals surface area contributed by atoms with Crippen molar-refractivity contribution in [1.82, 2.24) is 10.2 Å². The maximum Gasteiger partial charge on any atom is 0.325 e. The number of hydrogen-bond donors (Lipinski definition) is 1. The summed E-state index contributed by atoms with van der Waals surface area (Å²) < 4.78 is 5.05. The van der Waals surface area contributed by atoms with Crippen molar-refractivity contribution < 1.29 is 19.1 Å². The second-order valence-electron chi connectivity index (χ2n) is 6.79. The van der Waals surface area contributed by atoms with E-state index >= 15 is 0 Å². The van der Waals surface area contributed by atoms with Crippen LogP contribution in [0.15, 0.2) is 60.7 Å². The molecule has 1 aliphatic heterocycles. The van der Waals surface area contributed by atoms with Gasteiger partial charge in [0.05, 0.1) is 13.0 Å². The maximum absolute atomic E-state index is 13.4. The Morgan fingerprint density at radius 1 is 1.04 bits per heavy atom. The summed E-state index contributed by atoms with van der Waals surface area (Å²) in [5.74, 6) is -0.765. The molecule has 0 radical (unpaired) electrons. The van der Waals surface area contributed by atoms with Gasteiger partial charge in [-0.05, 0) is 17.5 Å². The number of esters is 1. The predicted molar refractivity (Wildman–Crippen MR) is 104 cm³/mol. The Morgan fingerprint density at radius 3 is 2.32 bits per heavy atom. The molecule has 1 aliphatic rings. The lowest BCUT2D eigenvalue weighted by atomic mass is 9.83. The molecule has 0 aromatic heterocycles. The number of benzene rings is 2. The highest BCUT2D eigenvalue weighted by Gasteiger charge is 2.52. The second kappa shape index (κ2) is 8.69. The lowest BCUT2D eigenvalue weighted by Gasteiger charge is -2.27. The summed E-state index contributed by atoms with van der Waals surface area (Å²) in [6.07, 6.45) is 1.04. The monoisotopic (exact) mass is 380 g/mol. The van der Waals surface area contributed by atoms with E-state index < -0.39 is 17.5 Å². The Kier molecular flexibility index (Phi) is 6.09. The molecule has 2 aromatic rings. The summed E-state index contributed by atoms with van der Waals surface area (Å²) in [6.45, 7) is 2.24. The highest BCUT2D eigenvalue weighted by Crippen LogP contribution is 2.33. The van der Waals surface area contributed by atoms with Gasteiger partial charge in [0.25, 0.3) is 5.91 Å². The van der Waals surface area contributed by atoms with Crippen LogP contribution in [0.25, 0.3) is 0 Å². The van der Waals surface area contributed by atoms with Crippen LogP contribution in [0.2, 0.25) is 0 Å². The molecular formula is C22H24N2O4. The summed E-state index contributed by atoms with van der Waals surface area (Å²) >= 11 is 0. The van der Waals surface area contributed by atoms with Crippen LogP contribution in [-0.4, -0.2) is 36.0 Å². The lowest BCUT2D eigenvalue weighted by Crippen LogP contribution is -2.46. The first-order valence-electron chi connectivity index (χ1n) is 9.46. The highest BCUT2D eigenvalue weighted by molar-refractivity contribution is 6.07. The minimum atomic E-state index is -1.19. The van der Waals surface area contributed by atoms with Crippen LogP contribution in [0.3, 0.4) is 0 Å². The molecule has 6 nitrogen and oxygen atoms in total. The van der Waals surface area contributed by atoms with Gasteiger partial charge in [-0.15, -0.1) is 0 Å². The summed E-state index contributed by atoms with van der Waals surface area (Å²) in [6, 6.07) is 18.3. The molecule has 1 atom stereocenters. The van der Waals surface area contributed by atoms with E-state index in [9.17, 15) is 14.4 Å². The minimum Gasteiger partial charge on any atom is -0.466 e. The van der Waals surface area contributed by atoms with E-state index in [4.69, 9.17) is 4.74 Å². The standard InChI is InChI=1S/C22H24N2O4/c1-2-15-28-19(25)13-14-24-20(26)22(23-21(24)27,18-11-7-4-8-12-18)16-17-9-5-3-6-10-17/h3-12H,2,13-16H2,1H3,(H,23,27)/t22-/m0/s1. The first-order chi connectivity index (χ1) is 13.6. The fraction of sp³-hybridized carbons (Fsp3) is 0.318. The molecule has 3 rings (SSSR count). The first kappa shape index (κ1) is 19.6. The zero-order valence-corrected chi connectivity index (χ0v) is 15.9. The van der Waals surface area contributed by atoms with Crippen molar-refractivity contribution in [3.8, 4) is 0 Å². The van der Waals surface area contributed by atoms with Crippen LogP contribution in [0.4, 0.5) is 4.79 Å².